The molecular weight excluding hydrogens is 831 g/mol. The Labute approximate surface area is 352 Å². The van der Waals surface area contributed by atoms with Crippen molar-refractivity contribution in [1.82, 2.24) is 73.7 Å². The number of azo groups is 3. The molecule has 7 aromatic rings. The number of anilines is 3. The predicted octanol–water partition coefficient (Wildman–Crippen LogP) is 0.812. The molecule has 31 nitrogen and oxygen atoms in total. The molecule has 7 aromatic heterocycles. The van der Waals surface area contributed by atoms with E-state index in [9.17, 15) is 19.5 Å². The molecule has 324 valence electrons. The summed E-state index contributed by atoms with van der Waals surface area (Å²) >= 11 is 0. The van der Waals surface area contributed by atoms with Crippen molar-refractivity contribution in [3.63, 3.8) is 0 Å². The molecule has 7 rings (SSSR count). The van der Waals surface area contributed by atoms with E-state index in [-0.39, 0.29) is 98.0 Å². The molecule has 63 heavy (non-hydrogen) atoms. The smallest absolute Gasteiger partial charge is 0.365 e. The minimum atomic E-state index is -0.775. The zero-order chi connectivity index (χ0) is 45.4. The SMILES string of the molecule is COC(=O)c1cnn(C)c1N=Nc1c(C)nn(-c2nc(-n3nc(C)c(N=Nc4c(C(=O)OC)cnn4C)c3N)nc(-n3n[n+](C)c(N=Nc4nn(C)cc4C(=O)CO)c3N)n2)c1N. The number of carbonyl (C=O) groups is 3. The quantitative estimate of drug-likeness (QED) is 0.0539. The average Bonchev–Trinajstić information content (AvgIpc) is 4.11. The van der Waals surface area contributed by atoms with Gasteiger partial charge in [0, 0.05) is 37.7 Å². The van der Waals surface area contributed by atoms with Crippen LogP contribution in [0.3, 0.4) is 0 Å². The standard InChI is InChI=1S/C32H35N25O6/c1-13-19(41-44-25-15(28(60)62-7)9-36-52(25)4)21(33)55(47-13)30-38-31(56-22(34)20(14(2)48-56)42-45-26-16(29(61)63-8)10-37-53(26)5)40-32(39-30)57-23(35)27(54(6)50-57)46-43-24-17(18(59)12-58)11-51(3)49-24/h9-11,58H,12H2,1-8H3,(H5-,33,34,35,36,37,43,44,45,47,48,49,50,60,61)/p+1. The van der Waals surface area contributed by atoms with Crippen LogP contribution in [0, 0.1) is 13.8 Å². The largest absolute Gasteiger partial charge is 0.465 e. The number of ether oxygens (including phenoxy) is 2. The molecule has 0 aliphatic carbocycles. The van der Waals surface area contributed by atoms with Crippen molar-refractivity contribution in [3.8, 4) is 17.8 Å². The molecule has 0 bridgehead atoms. The summed E-state index contributed by atoms with van der Waals surface area (Å²) in [5, 5.41) is 60.3. The van der Waals surface area contributed by atoms with Crippen LogP contribution >= 0.6 is 0 Å². The molecule has 31 heteroatoms. The summed E-state index contributed by atoms with van der Waals surface area (Å²) in [6, 6.07) is 0. The van der Waals surface area contributed by atoms with E-state index < -0.39 is 24.3 Å². The number of aliphatic hydroxyl groups excluding tert-OH is 1. The number of ketones is 1. The first-order valence-corrected chi connectivity index (χ1v) is 17.9. The number of nitrogen functional groups attached to an aromatic ring is 3. The fraction of sp³-hybridized carbons (Fsp3) is 0.281. The Hall–Kier alpha value is -9.03. The Morgan fingerprint density at radius 2 is 1.16 bits per heavy atom. The van der Waals surface area contributed by atoms with Crippen molar-refractivity contribution in [2.45, 2.75) is 13.8 Å². The van der Waals surface area contributed by atoms with E-state index in [1.54, 1.807) is 35.0 Å². The lowest BCUT2D eigenvalue weighted by atomic mass is 10.2. The van der Waals surface area contributed by atoms with Gasteiger partial charge in [-0.05, 0) is 13.8 Å². The minimum absolute atomic E-state index is 0.0228. The number of Topliss-reactive ketones (excluding diaryl/α,β-unsaturated/α-hetero) is 1. The van der Waals surface area contributed by atoms with E-state index in [2.05, 4.69) is 76.3 Å². The normalized spacial score (nSPS) is 11.8. The van der Waals surface area contributed by atoms with Crippen LogP contribution in [0.5, 0.6) is 0 Å². The van der Waals surface area contributed by atoms with Gasteiger partial charge in [-0.2, -0.15) is 44.7 Å². The summed E-state index contributed by atoms with van der Waals surface area (Å²) in [6.45, 7) is 2.42. The Morgan fingerprint density at radius 3 is 1.62 bits per heavy atom. The van der Waals surface area contributed by atoms with Crippen LogP contribution in [-0.2, 0) is 37.7 Å². The van der Waals surface area contributed by atoms with Gasteiger partial charge in [-0.1, -0.05) is 9.80 Å². The van der Waals surface area contributed by atoms with Crippen LogP contribution in [0.1, 0.15) is 42.5 Å². The number of rotatable bonds is 13. The lowest BCUT2D eigenvalue weighted by Crippen LogP contribution is -2.31. The maximum Gasteiger partial charge on any atom is 0.365 e. The number of esters is 2. The van der Waals surface area contributed by atoms with Crippen LogP contribution in [0.15, 0.2) is 49.3 Å². The zero-order valence-electron chi connectivity index (χ0n) is 34.5. The van der Waals surface area contributed by atoms with Crippen LogP contribution in [0.2, 0.25) is 0 Å². The number of aliphatic hydroxyl groups is 1. The van der Waals surface area contributed by atoms with Gasteiger partial charge in [0.1, 0.15) is 17.7 Å². The number of methoxy groups -OCH3 is 2. The van der Waals surface area contributed by atoms with Gasteiger partial charge in [0.2, 0.25) is 5.82 Å². The van der Waals surface area contributed by atoms with Crippen molar-refractivity contribution < 1.29 is 33.6 Å². The van der Waals surface area contributed by atoms with Gasteiger partial charge in [0.05, 0.1) is 50.6 Å². The van der Waals surface area contributed by atoms with Crippen molar-refractivity contribution in [3.05, 3.63) is 46.7 Å². The molecule has 0 atom stereocenters. The fourth-order valence-electron chi connectivity index (χ4n) is 5.73. The van der Waals surface area contributed by atoms with Crippen molar-refractivity contribution >= 4 is 69.8 Å². The molecule has 7 N–H and O–H groups in total. The number of carbonyl (C=O) groups excluding carboxylic acids is 3. The van der Waals surface area contributed by atoms with Gasteiger partial charge < -0.3 is 31.8 Å². The molecule has 0 aromatic carbocycles. The van der Waals surface area contributed by atoms with Gasteiger partial charge in [-0.3, -0.25) is 9.48 Å². The molecule has 0 unspecified atom stereocenters. The molecule has 0 saturated carbocycles. The summed E-state index contributed by atoms with van der Waals surface area (Å²) in [6.07, 6.45) is 3.95. The second kappa shape index (κ2) is 16.6. The van der Waals surface area contributed by atoms with Gasteiger partial charge in [0.25, 0.3) is 17.7 Å². The summed E-state index contributed by atoms with van der Waals surface area (Å²) in [7, 11) is 8.63. The fourth-order valence-corrected chi connectivity index (χ4v) is 5.73. The molecule has 0 aliphatic heterocycles. The second-order valence-corrected chi connectivity index (χ2v) is 13.0. The number of nitrogens with zero attached hydrogens (tertiary/aromatic N) is 22. The Kier molecular flexibility index (Phi) is 11.1. The monoisotopic (exact) mass is 866 g/mol. The first-order chi connectivity index (χ1) is 30.1. The number of aryl methyl sites for hydroxylation is 6. The highest BCUT2D eigenvalue weighted by Crippen LogP contribution is 2.34. The van der Waals surface area contributed by atoms with E-state index >= 15 is 0 Å². The molecule has 0 spiro atoms. The number of hydrogen-bond acceptors (Lipinski definition) is 24. The molecule has 0 amide bonds. The molecule has 7 heterocycles. The average molecular weight is 867 g/mol. The Balaban J connectivity index is 1.36. The van der Waals surface area contributed by atoms with E-state index in [1.165, 1.54) is 58.6 Å². The number of aromatic nitrogens is 16. The van der Waals surface area contributed by atoms with Crippen molar-refractivity contribution in [2.75, 3.05) is 38.0 Å². The maximum absolute atomic E-state index is 12.3. The molecule has 0 saturated heterocycles. The first-order valence-electron chi connectivity index (χ1n) is 17.9. The third kappa shape index (κ3) is 7.67. The van der Waals surface area contributed by atoms with E-state index in [0.717, 1.165) is 14.0 Å². The van der Waals surface area contributed by atoms with Gasteiger partial charge in [-0.15, -0.1) is 30.2 Å². The van der Waals surface area contributed by atoms with E-state index in [4.69, 9.17) is 26.7 Å². The lowest BCUT2D eigenvalue weighted by Gasteiger charge is -2.07. The number of nitrogens with two attached hydrogens (primary N) is 3. The summed E-state index contributed by atoms with van der Waals surface area (Å²) in [4.78, 5) is 50.7. The Morgan fingerprint density at radius 1 is 0.683 bits per heavy atom. The minimum Gasteiger partial charge on any atom is -0.465 e. The highest BCUT2D eigenvalue weighted by atomic mass is 16.5. The third-order valence-corrected chi connectivity index (χ3v) is 8.89. The predicted molar refractivity (Wildman–Crippen MR) is 211 cm³/mol. The topological polar surface area (TPSA) is 392 Å². The van der Waals surface area contributed by atoms with Crippen LogP contribution in [0.25, 0.3) is 17.8 Å². The maximum atomic E-state index is 12.3. The van der Waals surface area contributed by atoms with E-state index in [1.807, 2.05) is 0 Å². The summed E-state index contributed by atoms with van der Waals surface area (Å²) < 4.78 is 18.2. The second-order valence-electron chi connectivity index (χ2n) is 13.0. The number of hydrogen-bond donors (Lipinski definition) is 4. The van der Waals surface area contributed by atoms with Crippen LogP contribution in [0.4, 0.5) is 52.1 Å². The van der Waals surface area contributed by atoms with Crippen LogP contribution in [-0.4, -0.2) is 117 Å². The molecule has 0 radical (unpaired) electrons. The first kappa shape index (κ1) is 42.1. The summed E-state index contributed by atoms with van der Waals surface area (Å²) in [5.74, 6) is -2.97. The van der Waals surface area contributed by atoms with Gasteiger partial charge in [-0.25, -0.2) is 19.0 Å². The Bertz CT molecular complexity index is 2910. The summed E-state index contributed by atoms with van der Waals surface area (Å²) in [5.41, 5.74) is 20.6. The van der Waals surface area contributed by atoms with Crippen molar-refractivity contribution in [2.24, 2.45) is 58.9 Å². The van der Waals surface area contributed by atoms with Crippen LogP contribution < -0.4 is 21.9 Å². The van der Waals surface area contributed by atoms with Crippen molar-refractivity contribution in [1.29, 1.82) is 0 Å². The molecule has 0 fully saturated rings. The van der Waals surface area contributed by atoms with Gasteiger partial charge in [0.15, 0.2) is 40.4 Å². The lowest BCUT2D eigenvalue weighted by molar-refractivity contribution is -0.719. The van der Waals surface area contributed by atoms with Gasteiger partial charge >= 0.3 is 23.7 Å². The molecular formula is C32H36N25O6+. The highest BCUT2D eigenvalue weighted by molar-refractivity contribution is 6.00. The third-order valence-electron chi connectivity index (χ3n) is 8.89. The van der Waals surface area contributed by atoms with E-state index in [0.29, 0.717) is 0 Å². The molecule has 0 aliphatic rings. The highest BCUT2D eigenvalue weighted by Gasteiger charge is 2.29. The zero-order valence-corrected chi connectivity index (χ0v) is 34.5.